The maximum Gasteiger partial charge on any atom is 0.251 e. The van der Waals surface area contributed by atoms with Crippen molar-refractivity contribution in [3.05, 3.63) is 88.7 Å². The summed E-state index contributed by atoms with van der Waals surface area (Å²) in [6.07, 6.45) is 3.13. The molecule has 0 aliphatic carbocycles. The second-order valence-electron chi connectivity index (χ2n) is 11.3. The molecule has 1 unspecified atom stereocenters. The summed E-state index contributed by atoms with van der Waals surface area (Å²) in [5.41, 5.74) is 9.36. The minimum Gasteiger partial charge on any atom is -0.489 e. The van der Waals surface area contributed by atoms with Crippen molar-refractivity contribution in [2.24, 2.45) is 5.73 Å². The number of rotatable bonds is 11. The van der Waals surface area contributed by atoms with Crippen molar-refractivity contribution >= 4 is 29.1 Å². The largest absolute Gasteiger partial charge is 0.489 e. The molecular weight excluding hydrogens is 554 g/mol. The van der Waals surface area contributed by atoms with Crippen LogP contribution in [0, 0.1) is 0 Å². The fourth-order valence-electron chi connectivity index (χ4n) is 4.49. The highest BCUT2D eigenvalue weighted by molar-refractivity contribution is 6.32. The number of aromatic nitrogens is 2. The third kappa shape index (κ3) is 7.47. The topological polar surface area (TPSA) is 131 Å². The zero-order valence-electron chi connectivity index (χ0n) is 24.5. The Kier molecular flexibility index (Phi) is 9.56. The van der Waals surface area contributed by atoms with Gasteiger partial charge < -0.3 is 30.6 Å². The molecule has 2 amide bonds. The van der Waals surface area contributed by atoms with Crippen LogP contribution in [0.2, 0.25) is 5.02 Å². The van der Waals surface area contributed by atoms with E-state index in [0.29, 0.717) is 22.0 Å². The summed E-state index contributed by atoms with van der Waals surface area (Å²) in [5.74, 6) is -0.308. The molecule has 0 spiro atoms. The number of amides is 2. The average Bonchev–Trinajstić information content (AvgIpc) is 3.37. The number of nitrogens with zero attached hydrogens (tertiary/aromatic N) is 2. The number of nitrogens with two attached hydrogens (primary N) is 1. The number of halogens is 1. The van der Waals surface area contributed by atoms with Crippen LogP contribution in [0.25, 0.3) is 16.9 Å². The molecule has 0 aliphatic heterocycles. The van der Waals surface area contributed by atoms with Gasteiger partial charge in [-0.25, -0.2) is 4.98 Å². The first-order chi connectivity index (χ1) is 19.8. The molecule has 42 heavy (non-hydrogen) atoms. The van der Waals surface area contributed by atoms with Crippen molar-refractivity contribution in [1.29, 1.82) is 0 Å². The molecule has 2 heterocycles. The number of benzene rings is 2. The lowest BCUT2D eigenvalue weighted by Gasteiger charge is -2.23. The first-order valence-corrected chi connectivity index (χ1v) is 14.3. The Morgan fingerprint density at radius 2 is 1.76 bits per heavy atom. The predicted octanol–water partition coefficient (Wildman–Crippen LogP) is 4.86. The van der Waals surface area contributed by atoms with Gasteiger partial charge in [0.05, 0.1) is 28.5 Å². The van der Waals surface area contributed by atoms with E-state index in [2.05, 4.69) is 10.6 Å². The van der Waals surface area contributed by atoms with E-state index in [1.807, 2.05) is 67.0 Å². The third-order valence-electron chi connectivity index (χ3n) is 6.80. The summed E-state index contributed by atoms with van der Waals surface area (Å²) in [5, 5.41) is 16.4. The van der Waals surface area contributed by atoms with Crippen LogP contribution in [0.3, 0.4) is 0 Å². The Balaban J connectivity index is 1.53. The minimum absolute atomic E-state index is 0.0440. The summed E-state index contributed by atoms with van der Waals surface area (Å²) in [4.78, 5) is 30.3. The highest BCUT2D eigenvalue weighted by Crippen LogP contribution is 2.28. The van der Waals surface area contributed by atoms with E-state index in [1.165, 1.54) is 0 Å². The lowest BCUT2D eigenvalue weighted by atomic mass is 9.96. The number of aliphatic hydroxyl groups is 1. The number of hydrogen-bond donors (Lipinski definition) is 4. The van der Waals surface area contributed by atoms with Crippen LogP contribution >= 0.6 is 11.6 Å². The first kappa shape index (κ1) is 31.0. The van der Waals surface area contributed by atoms with Crippen molar-refractivity contribution in [1.82, 2.24) is 20.0 Å². The second kappa shape index (κ2) is 12.9. The summed E-state index contributed by atoms with van der Waals surface area (Å²) < 4.78 is 7.55. The number of imidazole rings is 1. The van der Waals surface area contributed by atoms with E-state index < -0.39 is 11.6 Å². The number of fused-ring (bicyclic) bond motifs is 1. The Hall–Kier alpha value is -3.92. The van der Waals surface area contributed by atoms with Gasteiger partial charge in [-0.3, -0.25) is 9.59 Å². The number of pyridine rings is 1. The fraction of sp³-hybridized carbons (Fsp3) is 0.344. The monoisotopic (exact) mass is 591 g/mol. The van der Waals surface area contributed by atoms with Crippen LogP contribution in [-0.2, 0) is 4.79 Å². The average molecular weight is 592 g/mol. The molecule has 0 radical (unpaired) electrons. The van der Waals surface area contributed by atoms with Crippen molar-refractivity contribution in [3.63, 3.8) is 0 Å². The van der Waals surface area contributed by atoms with Gasteiger partial charge in [-0.2, -0.15) is 0 Å². The Bertz CT molecular complexity index is 1560. The molecule has 9 nitrogen and oxygen atoms in total. The smallest absolute Gasteiger partial charge is 0.251 e. The van der Waals surface area contributed by atoms with Gasteiger partial charge in [-0.05, 0) is 64.4 Å². The fourth-order valence-corrected chi connectivity index (χ4v) is 4.71. The number of ether oxygens (including phenoxy) is 1. The molecule has 0 saturated heterocycles. The summed E-state index contributed by atoms with van der Waals surface area (Å²) in [6, 6.07) is 16.5. The SMILES string of the molecule is CC(C)Oc1ccc(C(=O)NCC(CNC(=O)C(C)(C)N)c2ccc(-c3cn4cccc([C@H](C)O)c4n3)cc2)cc1Cl. The number of nitrogens with one attached hydrogen (secondary N) is 2. The van der Waals surface area contributed by atoms with E-state index in [0.717, 1.165) is 22.4 Å². The summed E-state index contributed by atoms with van der Waals surface area (Å²) in [6.45, 7) is 9.33. The minimum atomic E-state index is -1.04. The number of carbonyl (C=O) groups excluding carboxylic acids is 2. The highest BCUT2D eigenvalue weighted by atomic mass is 35.5. The van der Waals surface area contributed by atoms with E-state index >= 15 is 0 Å². The van der Waals surface area contributed by atoms with Crippen molar-refractivity contribution < 1.29 is 19.4 Å². The molecule has 2 atom stereocenters. The molecule has 0 saturated carbocycles. The van der Waals surface area contributed by atoms with Crippen molar-refractivity contribution in [2.45, 2.75) is 58.3 Å². The zero-order chi connectivity index (χ0) is 30.6. The lowest BCUT2D eigenvalue weighted by Crippen LogP contribution is -2.50. The van der Waals surface area contributed by atoms with E-state index in [-0.39, 0.29) is 36.9 Å². The molecule has 2 aromatic heterocycles. The molecule has 5 N–H and O–H groups in total. The van der Waals surface area contributed by atoms with Gasteiger partial charge in [-0.15, -0.1) is 0 Å². The maximum atomic E-state index is 13.0. The van der Waals surface area contributed by atoms with Gasteiger partial charge in [0.1, 0.15) is 11.4 Å². The molecule has 222 valence electrons. The quantitative estimate of drug-likeness (QED) is 0.197. The molecule has 10 heteroatoms. The lowest BCUT2D eigenvalue weighted by molar-refractivity contribution is -0.125. The number of aliphatic hydroxyl groups excluding tert-OH is 1. The van der Waals surface area contributed by atoms with Gasteiger partial charge in [0, 0.05) is 48.1 Å². The van der Waals surface area contributed by atoms with Gasteiger partial charge in [0.25, 0.3) is 5.91 Å². The molecule has 0 aliphatic rings. The predicted molar refractivity (Wildman–Crippen MR) is 165 cm³/mol. The Morgan fingerprint density at radius 1 is 1.07 bits per heavy atom. The summed E-state index contributed by atoms with van der Waals surface area (Å²) in [7, 11) is 0. The van der Waals surface area contributed by atoms with Crippen molar-refractivity contribution in [3.8, 4) is 17.0 Å². The molecule has 4 aromatic rings. The standard InChI is InChI=1S/C32H38ClN5O4/c1-19(2)42-28-13-12-23(15-26(28)33)30(40)35-16-24(17-36-31(41)32(4,5)34)21-8-10-22(11-9-21)27-18-38-14-6-7-25(20(3)39)29(38)37-27/h6-15,18-20,24,39H,16-17,34H2,1-5H3,(H,35,40)(H,36,41)/t20-,24?/m0/s1. The zero-order valence-corrected chi connectivity index (χ0v) is 25.3. The van der Waals surface area contributed by atoms with Gasteiger partial charge >= 0.3 is 0 Å². The van der Waals surface area contributed by atoms with Gasteiger partial charge in [-0.1, -0.05) is 41.9 Å². The van der Waals surface area contributed by atoms with Crippen molar-refractivity contribution in [2.75, 3.05) is 13.1 Å². The van der Waals surface area contributed by atoms with Crippen LogP contribution in [0.4, 0.5) is 0 Å². The Labute approximate surface area is 251 Å². The van der Waals surface area contributed by atoms with Gasteiger partial charge in [0.2, 0.25) is 5.91 Å². The molecule has 0 bridgehead atoms. The highest BCUT2D eigenvalue weighted by Gasteiger charge is 2.24. The van der Waals surface area contributed by atoms with E-state index in [1.54, 1.807) is 39.0 Å². The maximum absolute atomic E-state index is 13.0. The molecule has 0 fully saturated rings. The molecular formula is C32H38ClN5O4. The first-order valence-electron chi connectivity index (χ1n) is 13.9. The van der Waals surface area contributed by atoms with Crippen LogP contribution < -0.4 is 21.1 Å². The molecule has 2 aromatic carbocycles. The van der Waals surface area contributed by atoms with Crippen LogP contribution in [0.15, 0.2) is 67.0 Å². The molecule has 4 rings (SSSR count). The normalized spacial score (nSPS) is 13.2. The van der Waals surface area contributed by atoms with Crippen LogP contribution in [0.1, 0.15) is 68.1 Å². The third-order valence-corrected chi connectivity index (χ3v) is 7.10. The van der Waals surface area contributed by atoms with Crippen LogP contribution in [-0.4, -0.2) is 51.0 Å². The number of hydrogen-bond acceptors (Lipinski definition) is 6. The second-order valence-corrected chi connectivity index (χ2v) is 11.7. The number of carbonyl (C=O) groups is 2. The van der Waals surface area contributed by atoms with Gasteiger partial charge in [0.15, 0.2) is 0 Å². The summed E-state index contributed by atoms with van der Waals surface area (Å²) >= 11 is 6.34. The Morgan fingerprint density at radius 3 is 2.38 bits per heavy atom. The van der Waals surface area contributed by atoms with Crippen LogP contribution in [0.5, 0.6) is 5.75 Å². The van der Waals surface area contributed by atoms with E-state index in [4.69, 9.17) is 27.1 Å². The van der Waals surface area contributed by atoms with E-state index in [9.17, 15) is 14.7 Å².